The molecule has 19 heavy (non-hydrogen) atoms. The molecule has 0 saturated heterocycles. The van der Waals surface area contributed by atoms with Crippen LogP contribution in [0.3, 0.4) is 0 Å². The van der Waals surface area contributed by atoms with Crippen LogP contribution < -0.4 is 10.9 Å². The molecule has 0 saturated carbocycles. The van der Waals surface area contributed by atoms with Gasteiger partial charge in [-0.05, 0) is 24.3 Å². The highest BCUT2D eigenvalue weighted by Crippen LogP contribution is 2.23. The van der Waals surface area contributed by atoms with Gasteiger partial charge in [-0.2, -0.15) is 4.80 Å². The van der Waals surface area contributed by atoms with Gasteiger partial charge in [0.15, 0.2) is 0 Å². The fourth-order valence-corrected chi connectivity index (χ4v) is 2.50. The Balaban J connectivity index is 2.20. The van der Waals surface area contributed by atoms with Gasteiger partial charge in [0.1, 0.15) is 26.7 Å². The molecule has 0 N–H and O–H groups in total. The van der Waals surface area contributed by atoms with Crippen LogP contribution in [0.2, 0.25) is 0 Å². The van der Waals surface area contributed by atoms with E-state index in [1.165, 1.54) is 10.9 Å². The number of hydrogen-bond acceptors (Lipinski definition) is 4. The highest BCUT2D eigenvalue weighted by Gasteiger charge is 2.07. The van der Waals surface area contributed by atoms with Gasteiger partial charge >= 0.3 is 0 Å². The van der Waals surface area contributed by atoms with Crippen molar-refractivity contribution in [3.8, 4) is 5.69 Å². The van der Waals surface area contributed by atoms with Crippen molar-refractivity contribution in [3.05, 3.63) is 30.3 Å². The maximum absolute atomic E-state index is 4.49. The third kappa shape index (κ3) is 2.40. The van der Waals surface area contributed by atoms with Crippen molar-refractivity contribution in [1.82, 2.24) is 15.0 Å². The summed E-state index contributed by atoms with van der Waals surface area (Å²) in [5, 5.41) is 8.98. The van der Waals surface area contributed by atoms with E-state index >= 15 is 0 Å². The van der Waals surface area contributed by atoms with Crippen molar-refractivity contribution in [3.63, 3.8) is 0 Å². The Bertz CT molecular complexity index is 727. The average Bonchev–Trinajstić information content (AvgIpc) is 2.71. The van der Waals surface area contributed by atoms with Gasteiger partial charge in [-0.25, -0.2) is 0 Å². The third-order valence-electron chi connectivity index (χ3n) is 2.91. The van der Waals surface area contributed by atoms with E-state index in [-0.39, 0.29) is 0 Å². The Morgan fingerprint density at radius 3 is 1.74 bits per heavy atom. The van der Waals surface area contributed by atoms with Crippen LogP contribution >= 0.6 is 25.3 Å². The largest absolute Gasteiger partial charge is 0.150 e. The molecule has 0 amide bonds. The first kappa shape index (κ1) is 12.7. The van der Waals surface area contributed by atoms with Gasteiger partial charge in [-0.1, -0.05) is 17.0 Å². The Morgan fingerprint density at radius 1 is 0.789 bits per heavy atom. The lowest BCUT2D eigenvalue weighted by molar-refractivity contribution is 0.767. The van der Waals surface area contributed by atoms with Crippen LogP contribution in [-0.4, -0.2) is 30.7 Å². The molecular formula is C12H11B2N3S2. The second-order valence-electron chi connectivity index (χ2n) is 4.66. The maximum atomic E-state index is 4.49. The van der Waals surface area contributed by atoms with E-state index < -0.39 is 0 Å². The summed E-state index contributed by atoms with van der Waals surface area (Å²) in [7, 11) is 4.13. The van der Waals surface area contributed by atoms with Crippen molar-refractivity contribution < 1.29 is 0 Å². The van der Waals surface area contributed by atoms with Gasteiger partial charge in [0.05, 0.1) is 5.69 Å². The summed E-state index contributed by atoms with van der Waals surface area (Å²) in [6, 6.07) is 10.0. The molecule has 0 fully saturated rings. The fraction of sp³-hybridized carbons (Fsp3) is 0. The molecule has 1 aromatic heterocycles. The van der Waals surface area contributed by atoms with E-state index in [1.807, 2.05) is 12.1 Å². The third-order valence-corrected chi connectivity index (χ3v) is 3.83. The number of aromatic nitrogens is 3. The van der Waals surface area contributed by atoms with Gasteiger partial charge < -0.3 is 0 Å². The topological polar surface area (TPSA) is 30.7 Å². The lowest BCUT2D eigenvalue weighted by Crippen LogP contribution is -2.16. The molecule has 0 atom stereocenters. The Hall–Kier alpha value is -1.33. The molecule has 2 aromatic carbocycles. The van der Waals surface area contributed by atoms with Crippen molar-refractivity contribution in [2.24, 2.45) is 0 Å². The zero-order valence-corrected chi connectivity index (χ0v) is 12.4. The molecule has 0 aliphatic heterocycles. The SMILES string of the molecule is Bc1cc(B)cc(-n2nc3cc(S)c(S)cc3n2)c1. The van der Waals surface area contributed by atoms with Gasteiger partial charge in [-0.15, -0.1) is 35.5 Å². The average molecular weight is 283 g/mol. The Labute approximate surface area is 124 Å². The molecule has 3 rings (SSSR count). The fourth-order valence-electron chi connectivity index (χ4n) is 2.12. The predicted molar refractivity (Wildman–Crippen MR) is 89.7 cm³/mol. The van der Waals surface area contributed by atoms with E-state index in [4.69, 9.17) is 0 Å². The van der Waals surface area contributed by atoms with Gasteiger partial charge in [0.2, 0.25) is 0 Å². The molecule has 92 valence electrons. The monoisotopic (exact) mass is 283 g/mol. The van der Waals surface area contributed by atoms with Crippen LogP contribution in [0.4, 0.5) is 0 Å². The molecule has 0 bridgehead atoms. The standard InChI is InChI=1S/C12H11B2N3S2/c13-6-1-7(14)3-8(2-6)17-15-9-4-11(18)12(19)5-10(9)16-17/h1-5,18-19H,13-14H2. The number of hydrogen-bond donors (Lipinski definition) is 2. The molecule has 0 spiro atoms. The maximum Gasteiger partial charge on any atom is 0.139 e. The second kappa shape index (κ2) is 4.65. The first-order chi connectivity index (χ1) is 9.02. The molecule has 0 radical (unpaired) electrons. The summed E-state index contributed by atoms with van der Waals surface area (Å²) in [6.07, 6.45) is 0. The van der Waals surface area contributed by atoms with Crippen LogP contribution in [0.15, 0.2) is 40.1 Å². The number of nitrogens with zero attached hydrogens (tertiary/aromatic N) is 3. The van der Waals surface area contributed by atoms with Gasteiger partial charge in [0, 0.05) is 9.79 Å². The number of benzene rings is 2. The van der Waals surface area contributed by atoms with Crippen LogP contribution in [0, 0.1) is 0 Å². The summed E-state index contributed by atoms with van der Waals surface area (Å²) in [4.78, 5) is 3.28. The molecular weight excluding hydrogens is 272 g/mol. The Morgan fingerprint density at radius 2 is 1.26 bits per heavy atom. The molecule has 1 heterocycles. The van der Waals surface area contributed by atoms with Gasteiger partial charge in [0.25, 0.3) is 0 Å². The summed E-state index contributed by atoms with van der Waals surface area (Å²) in [5.74, 6) is 0. The summed E-state index contributed by atoms with van der Waals surface area (Å²) < 4.78 is 0. The van der Waals surface area contributed by atoms with Crippen molar-refractivity contribution >= 4 is 62.9 Å². The zero-order chi connectivity index (χ0) is 13.6. The first-order valence-corrected chi connectivity index (χ1v) is 6.80. The smallest absolute Gasteiger partial charge is 0.139 e. The number of rotatable bonds is 1. The molecule has 0 aliphatic carbocycles. The highest BCUT2D eigenvalue weighted by molar-refractivity contribution is 7.83. The van der Waals surface area contributed by atoms with Crippen LogP contribution in [0.1, 0.15) is 0 Å². The van der Waals surface area contributed by atoms with Gasteiger partial charge in [-0.3, -0.25) is 0 Å². The minimum Gasteiger partial charge on any atom is -0.150 e. The second-order valence-corrected chi connectivity index (χ2v) is 5.63. The lowest BCUT2D eigenvalue weighted by atomic mass is 9.87. The van der Waals surface area contributed by atoms with Crippen molar-refractivity contribution in [2.45, 2.75) is 9.79 Å². The van der Waals surface area contributed by atoms with E-state index in [0.717, 1.165) is 26.5 Å². The molecule has 3 nitrogen and oxygen atoms in total. The summed E-state index contributed by atoms with van der Waals surface area (Å²) >= 11 is 8.70. The molecule has 0 aliphatic rings. The van der Waals surface area contributed by atoms with E-state index in [9.17, 15) is 0 Å². The van der Waals surface area contributed by atoms with Crippen LogP contribution in [0.25, 0.3) is 16.7 Å². The first-order valence-electron chi connectivity index (χ1n) is 5.90. The molecule has 3 aromatic rings. The molecule has 0 unspecified atom stereocenters. The number of fused-ring (bicyclic) bond motifs is 1. The normalized spacial score (nSPS) is 11.1. The lowest BCUT2D eigenvalue weighted by Gasteiger charge is -2.03. The number of thiol groups is 2. The molecule has 7 heteroatoms. The van der Waals surface area contributed by atoms with E-state index in [1.54, 1.807) is 4.80 Å². The Kier molecular flexibility index (Phi) is 3.11. The van der Waals surface area contributed by atoms with Crippen molar-refractivity contribution in [1.29, 1.82) is 0 Å². The minimum atomic E-state index is 0.809. The van der Waals surface area contributed by atoms with Crippen LogP contribution in [0.5, 0.6) is 0 Å². The zero-order valence-electron chi connectivity index (χ0n) is 10.6. The predicted octanol–water partition coefficient (Wildman–Crippen LogP) is -0.485. The minimum absolute atomic E-state index is 0.809. The van der Waals surface area contributed by atoms with E-state index in [2.05, 4.69) is 69.3 Å². The summed E-state index contributed by atoms with van der Waals surface area (Å²) in [6.45, 7) is 0. The summed E-state index contributed by atoms with van der Waals surface area (Å²) in [5.41, 5.74) is 5.00. The van der Waals surface area contributed by atoms with Crippen LogP contribution in [-0.2, 0) is 0 Å². The van der Waals surface area contributed by atoms with E-state index in [0.29, 0.717) is 0 Å². The quantitative estimate of drug-likeness (QED) is 0.466. The van der Waals surface area contributed by atoms with Crippen molar-refractivity contribution in [2.75, 3.05) is 0 Å². The highest BCUT2D eigenvalue weighted by atomic mass is 32.1.